The van der Waals surface area contributed by atoms with E-state index in [0.29, 0.717) is 6.20 Å². The largest absolute Gasteiger partial charge is 0.573 e. The number of alkyl halides is 5. The van der Waals surface area contributed by atoms with Crippen molar-refractivity contribution in [2.75, 3.05) is 0 Å². The summed E-state index contributed by atoms with van der Waals surface area (Å²) in [5.74, 6) is -2.88. The van der Waals surface area contributed by atoms with E-state index in [2.05, 4.69) is 9.72 Å². The van der Waals surface area contributed by atoms with Gasteiger partial charge in [-0.15, -0.1) is 13.2 Å². The van der Waals surface area contributed by atoms with Gasteiger partial charge in [-0.1, -0.05) is 0 Å². The Labute approximate surface area is 108 Å². The van der Waals surface area contributed by atoms with Gasteiger partial charge in [0.1, 0.15) is 11.6 Å². The molecule has 0 saturated carbocycles. The molecular formula is C10H5F5N2O3. The minimum atomic E-state index is -5.28. The summed E-state index contributed by atoms with van der Waals surface area (Å²) < 4.78 is 65.3. The molecule has 1 rings (SSSR count). The van der Waals surface area contributed by atoms with E-state index >= 15 is 0 Å². The number of carbonyl (C=O) groups is 1. The number of hydrogen-bond donors (Lipinski definition) is 1. The van der Waals surface area contributed by atoms with Gasteiger partial charge in [0, 0.05) is 6.20 Å². The van der Waals surface area contributed by atoms with Gasteiger partial charge in [0.15, 0.2) is 5.75 Å². The number of ether oxygens (including phenoxy) is 1. The second-order valence-electron chi connectivity index (χ2n) is 3.40. The van der Waals surface area contributed by atoms with Crippen molar-refractivity contribution in [3.8, 4) is 11.8 Å². The van der Waals surface area contributed by atoms with Crippen LogP contribution in [0.15, 0.2) is 6.20 Å². The number of hydrogen-bond acceptors (Lipinski definition) is 4. The zero-order valence-electron chi connectivity index (χ0n) is 9.41. The normalized spacial score (nSPS) is 11.2. The highest BCUT2D eigenvalue weighted by atomic mass is 19.4. The molecule has 0 aromatic carbocycles. The van der Waals surface area contributed by atoms with Crippen LogP contribution >= 0.6 is 0 Å². The molecule has 0 aliphatic rings. The van der Waals surface area contributed by atoms with E-state index in [9.17, 15) is 26.7 Å². The second kappa shape index (κ2) is 5.68. The highest BCUT2D eigenvalue weighted by Gasteiger charge is 2.35. The molecule has 1 heterocycles. The monoisotopic (exact) mass is 296 g/mol. The number of carboxylic acid groups (broad SMARTS) is 1. The number of carboxylic acids is 1. The van der Waals surface area contributed by atoms with Crippen LogP contribution in [0.2, 0.25) is 0 Å². The molecule has 1 aromatic rings. The summed E-state index contributed by atoms with van der Waals surface area (Å²) in [6.07, 6.45) is -9.10. The fourth-order valence-corrected chi connectivity index (χ4v) is 1.32. The lowest BCUT2D eigenvalue weighted by Gasteiger charge is -2.15. The Bertz CT molecular complexity index is 565. The average molecular weight is 296 g/mol. The van der Waals surface area contributed by atoms with Crippen molar-refractivity contribution < 1.29 is 36.6 Å². The summed E-state index contributed by atoms with van der Waals surface area (Å²) in [7, 11) is 0. The second-order valence-corrected chi connectivity index (χ2v) is 3.40. The van der Waals surface area contributed by atoms with Crippen molar-refractivity contribution in [2.45, 2.75) is 19.2 Å². The van der Waals surface area contributed by atoms with Gasteiger partial charge in [-0.25, -0.2) is 8.78 Å². The molecule has 1 aromatic heterocycles. The Morgan fingerprint density at radius 3 is 2.50 bits per heavy atom. The van der Waals surface area contributed by atoms with E-state index in [1.54, 1.807) is 0 Å². The maximum atomic E-state index is 12.6. The number of nitrogens with zero attached hydrogens (tertiary/aromatic N) is 2. The van der Waals surface area contributed by atoms with Gasteiger partial charge in [0.05, 0.1) is 17.7 Å². The Balaban J connectivity index is 3.48. The van der Waals surface area contributed by atoms with Crippen molar-refractivity contribution in [2.24, 2.45) is 0 Å². The van der Waals surface area contributed by atoms with Crippen LogP contribution in [0, 0.1) is 11.3 Å². The number of rotatable bonds is 4. The fraction of sp³-hybridized carbons (Fsp3) is 0.300. The summed E-state index contributed by atoms with van der Waals surface area (Å²) >= 11 is 0. The standard InChI is InChI=1S/C10H5F5N2O3/c11-9(12)5-3-17-6(1-7(18)19)8(4(5)2-16)20-10(13,14)15/h3,9H,1H2,(H,18,19). The third-order valence-corrected chi connectivity index (χ3v) is 2.02. The first-order valence-corrected chi connectivity index (χ1v) is 4.83. The van der Waals surface area contributed by atoms with Gasteiger partial charge in [0.2, 0.25) is 0 Å². The zero-order valence-corrected chi connectivity index (χ0v) is 9.41. The molecule has 20 heavy (non-hydrogen) atoms. The molecule has 0 aliphatic carbocycles. The smallest absolute Gasteiger partial charge is 0.481 e. The van der Waals surface area contributed by atoms with Crippen LogP contribution in [0.5, 0.6) is 5.75 Å². The predicted octanol–water partition coefficient (Wildman–Crippen LogP) is 2.42. The van der Waals surface area contributed by atoms with Crippen LogP contribution in [-0.4, -0.2) is 22.4 Å². The molecule has 0 radical (unpaired) electrons. The van der Waals surface area contributed by atoms with Crippen molar-refractivity contribution in [1.82, 2.24) is 4.98 Å². The maximum Gasteiger partial charge on any atom is 0.573 e. The Hall–Kier alpha value is -2.44. The molecule has 0 unspecified atom stereocenters. The summed E-state index contributed by atoms with van der Waals surface area (Å²) in [6, 6.07) is 1.14. The zero-order chi connectivity index (χ0) is 15.5. The number of nitriles is 1. The topological polar surface area (TPSA) is 83.2 Å². The van der Waals surface area contributed by atoms with Gasteiger partial charge >= 0.3 is 12.3 Å². The fourth-order valence-electron chi connectivity index (χ4n) is 1.32. The molecule has 0 spiro atoms. The highest BCUT2D eigenvalue weighted by Crippen LogP contribution is 2.34. The van der Waals surface area contributed by atoms with Gasteiger partial charge in [-0.2, -0.15) is 5.26 Å². The van der Waals surface area contributed by atoms with Crippen LogP contribution in [-0.2, 0) is 11.2 Å². The van der Waals surface area contributed by atoms with E-state index in [1.165, 1.54) is 0 Å². The first kappa shape index (κ1) is 15.6. The first-order valence-electron chi connectivity index (χ1n) is 4.83. The average Bonchev–Trinajstić information content (AvgIpc) is 2.28. The summed E-state index contributed by atoms with van der Waals surface area (Å²) in [6.45, 7) is 0. The lowest BCUT2D eigenvalue weighted by atomic mass is 10.1. The predicted molar refractivity (Wildman–Crippen MR) is 51.9 cm³/mol. The molecule has 1 N–H and O–H groups in total. The molecule has 10 heteroatoms. The molecule has 5 nitrogen and oxygen atoms in total. The van der Waals surface area contributed by atoms with Crippen molar-refractivity contribution in [3.63, 3.8) is 0 Å². The number of aliphatic carboxylic acids is 1. The van der Waals surface area contributed by atoms with Crippen LogP contribution in [0.25, 0.3) is 0 Å². The van der Waals surface area contributed by atoms with E-state index in [1.807, 2.05) is 0 Å². The van der Waals surface area contributed by atoms with Crippen molar-refractivity contribution in [1.29, 1.82) is 5.26 Å². The highest BCUT2D eigenvalue weighted by molar-refractivity contribution is 5.71. The minimum Gasteiger partial charge on any atom is -0.481 e. The van der Waals surface area contributed by atoms with Gasteiger partial charge in [0.25, 0.3) is 6.43 Å². The Kier molecular flexibility index (Phi) is 4.44. The molecule has 0 amide bonds. The minimum absolute atomic E-state index is 0.449. The molecule has 0 aliphatic heterocycles. The van der Waals surface area contributed by atoms with Gasteiger partial charge in [-0.3, -0.25) is 9.78 Å². The summed E-state index contributed by atoms with van der Waals surface area (Å²) in [5, 5.41) is 17.2. The molecule has 108 valence electrons. The molecule has 0 atom stereocenters. The maximum absolute atomic E-state index is 12.6. The number of halogens is 5. The molecule has 0 saturated heterocycles. The quantitative estimate of drug-likeness (QED) is 0.863. The number of aromatic nitrogens is 1. The lowest BCUT2D eigenvalue weighted by molar-refractivity contribution is -0.275. The Morgan fingerprint density at radius 1 is 1.50 bits per heavy atom. The van der Waals surface area contributed by atoms with E-state index < -0.39 is 47.7 Å². The Morgan fingerprint density at radius 2 is 2.10 bits per heavy atom. The first-order chi connectivity index (χ1) is 9.15. The number of pyridine rings is 1. The SMILES string of the molecule is N#Cc1c(C(F)F)cnc(CC(=O)O)c1OC(F)(F)F. The third-order valence-electron chi connectivity index (χ3n) is 2.02. The van der Waals surface area contributed by atoms with E-state index in [-0.39, 0.29) is 0 Å². The molecule has 0 bridgehead atoms. The molecular weight excluding hydrogens is 291 g/mol. The summed E-state index contributed by atoms with van der Waals surface area (Å²) in [5.41, 5.74) is -2.93. The van der Waals surface area contributed by atoms with Crippen molar-refractivity contribution >= 4 is 5.97 Å². The summed E-state index contributed by atoms with van der Waals surface area (Å²) in [4.78, 5) is 13.7. The third kappa shape index (κ3) is 3.78. The van der Waals surface area contributed by atoms with Gasteiger partial charge < -0.3 is 9.84 Å². The van der Waals surface area contributed by atoms with Crippen LogP contribution in [0.4, 0.5) is 22.0 Å². The van der Waals surface area contributed by atoms with E-state index in [0.717, 1.165) is 6.07 Å². The van der Waals surface area contributed by atoms with Gasteiger partial charge in [-0.05, 0) is 0 Å². The van der Waals surface area contributed by atoms with E-state index in [4.69, 9.17) is 10.4 Å². The van der Waals surface area contributed by atoms with Crippen LogP contribution in [0.3, 0.4) is 0 Å². The lowest BCUT2D eigenvalue weighted by Crippen LogP contribution is -2.21. The van der Waals surface area contributed by atoms with Crippen LogP contribution < -0.4 is 4.74 Å². The molecule has 0 fully saturated rings. The van der Waals surface area contributed by atoms with Crippen LogP contribution in [0.1, 0.15) is 23.2 Å². The van der Waals surface area contributed by atoms with Crippen molar-refractivity contribution in [3.05, 3.63) is 23.0 Å².